The van der Waals surface area contributed by atoms with E-state index in [-0.39, 0.29) is 30.8 Å². The van der Waals surface area contributed by atoms with Crippen molar-refractivity contribution in [2.24, 2.45) is 5.92 Å². The highest BCUT2D eigenvalue weighted by Gasteiger charge is 2.11. The molecule has 0 spiro atoms. The summed E-state index contributed by atoms with van der Waals surface area (Å²) < 4.78 is 1.11. The summed E-state index contributed by atoms with van der Waals surface area (Å²) in [5.74, 6) is -0.492. The Balaban J connectivity index is 1.93. The van der Waals surface area contributed by atoms with Gasteiger partial charge in [-0.05, 0) is 24.1 Å². The van der Waals surface area contributed by atoms with Gasteiger partial charge in [0.05, 0.1) is 0 Å². The van der Waals surface area contributed by atoms with Crippen LogP contribution in [0.2, 0.25) is 0 Å². The molecule has 138 valence electrons. The zero-order valence-electron chi connectivity index (χ0n) is 14.7. The zero-order valence-corrected chi connectivity index (χ0v) is 14.7. The van der Waals surface area contributed by atoms with E-state index in [4.69, 9.17) is 0 Å². The van der Waals surface area contributed by atoms with Gasteiger partial charge in [0.15, 0.2) is 0 Å². The Kier molecular flexibility index (Phi) is 6.48. The quantitative estimate of drug-likeness (QED) is 0.680. The molecule has 2 rings (SSSR count). The molecule has 0 fully saturated rings. The van der Waals surface area contributed by atoms with Crippen LogP contribution in [0.25, 0.3) is 0 Å². The lowest BCUT2D eigenvalue weighted by molar-refractivity contribution is -0.122. The van der Waals surface area contributed by atoms with Crippen molar-refractivity contribution < 1.29 is 9.59 Å². The molecule has 0 aliphatic rings. The highest BCUT2D eigenvalue weighted by Crippen LogP contribution is 2.13. The summed E-state index contributed by atoms with van der Waals surface area (Å²) in [4.78, 5) is 48.6. The lowest BCUT2D eigenvalue weighted by Gasteiger charge is -2.11. The normalized spacial score (nSPS) is 11.6. The molecule has 8 heteroatoms. The molecule has 0 aliphatic heterocycles. The number of carbonyl (C=O) groups excluding carboxylic acids is 2. The van der Waals surface area contributed by atoms with Crippen molar-refractivity contribution in [3.8, 4) is 0 Å². The van der Waals surface area contributed by atoms with Crippen LogP contribution in [0.3, 0.4) is 0 Å². The Morgan fingerprint density at radius 1 is 1.23 bits per heavy atom. The third kappa shape index (κ3) is 5.44. The van der Waals surface area contributed by atoms with Crippen LogP contribution in [0.1, 0.15) is 25.8 Å². The number of aromatic amines is 1. The van der Waals surface area contributed by atoms with Crippen LogP contribution in [-0.2, 0) is 22.7 Å². The van der Waals surface area contributed by atoms with E-state index in [0.717, 1.165) is 16.6 Å². The highest BCUT2D eigenvalue weighted by molar-refractivity contribution is 5.92. The van der Waals surface area contributed by atoms with Gasteiger partial charge in [-0.2, -0.15) is 0 Å². The fourth-order valence-electron chi connectivity index (χ4n) is 2.19. The van der Waals surface area contributed by atoms with Crippen LogP contribution < -0.4 is 21.9 Å². The van der Waals surface area contributed by atoms with Crippen molar-refractivity contribution in [1.82, 2.24) is 14.9 Å². The van der Waals surface area contributed by atoms with Gasteiger partial charge in [0, 0.05) is 30.4 Å². The predicted molar refractivity (Wildman–Crippen MR) is 97.7 cm³/mol. The summed E-state index contributed by atoms with van der Waals surface area (Å²) in [5, 5.41) is 5.54. The summed E-state index contributed by atoms with van der Waals surface area (Å²) in [5.41, 5.74) is 0.332. The van der Waals surface area contributed by atoms with Crippen molar-refractivity contribution in [1.29, 1.82) is 0 Å². The number of amides is 2. The Bertz CT molecular complexity index is 900. The van der Waals surface area contributed by atoms with Crippen molar-refractivity contribution in [2.45, 2.75) is 33.4 Å². The van der Waals surface area contributed by atoms with Gasteiger partial charge in [-0.1, -0.05) is 26.0 Å². The number of H-pyrrole nitrogens is 1. The molecule has 0 saturated heterocycles. The average molecular weight is 358 g/mol. The third-order valence-electron chi connectivity index (χ3n) is 3.95. The maximum atomic E-state index is 12.0. The van der Waals surface area contributed by atoms with Gasteiger partial charge in [-0.3, -0.25) is 23.9 Å². The maximum Gasteiger partial charge on any atom is 0.328 e. The lowest BCUT2D eigenvalue weighted by atomic mass is 10.1. The molecule has 0 aliphatic carbocycles. The number of nitrogens with one attached hydrogen (secondary N) is 3. The predicted octanol–water partition coefficient (Wildman–Crippen LogP) is 0.838. The van der Waals surface area contributed by atoms with E-state index >= 15 is 0 Å². The minimum atomic E-state index is -0.637. The molecular formula is C18H22N4O4. The Hall–Kier alpha value is -3.16. The van der Waals surface area contributed by atoms with E-state index in [1.807, 2.05) is 19.9 Å². The highest BCUT2D eigenvalue weighted by atomic mass is 16.2. The van der Waals surface area contributed by atoms with Crippen LogP contribution >= 0.6 is 0 Å². The molecule has 0 bridgehead atoms. The van der Waals surface area contributed by atoms with E-state index < -0.39 is 11.2 Å². The maximum absolute atomic E-state index is 12.0. The van der Waals surface area contributed by atoms with Crippen molar-refractivity contribution in [3.05, 3.63) is 62.9 Å². The average Bonchev–Trinajstić information content (AvgIpc) is 2.62. The van der Waals surface area contributed by atoms with Crippen LogP contribution in [-0.4, -0.2) is 21.4 Å². The van der Waals surface area contributed by atoms with Crippen LogP contribution in [0.5, 0.6) is 0 Å². The number of nitrogens with zero attached hydrogens (tertiary/aromatic N) is 1. The molecule has 1 heterocycles. The van der Waals surface area contributed by atoms with Gasteiger partial charge in [-0.25, -0.2) is 4.79 Å². The van der Waals surface area contributed by atoms with Crippen molar-refractivity contribution >= 4 is 17.5 Å². The lowest BCUT2D eigenvalue weighted by Crippen LogP contribution is -2.35. The van der Waals surface area contributed by atoms with E-state index in [1.165, 1.54) is 12.3 Å². The third-order valence-corrected chi connectivity index (χ3v) is 3.95. The summed E-state index contributed by atoms with van der Waals surface area (Å²) in [6.07, 6.45) is 2.03. The van der Waals surface area contributed by atoms with Crippen molar-refractivity contribution in [2.75, 3.05) is 5.32 Å². The second-order valence-corrected chi connectivity index (χ2v) is 6.01. The summed E-state index contributed by atoms with van der Waals surface area (Å²) in [6.45, 7) is 3.87. The first kappa shape index (κ1) is 19.2. The first-order valence-corrected chi connectivity index (χ1v) is 8.35. The Labute approximate surface area is 150 Å². The minimum absolute atomic E-state index is 0.0499. The number of hydrogen-bond donors (Lipinski definition) is 3. The van der Waals surface area contributed by atoms with E-state index in [2.05, 4.69) is 15.6 Å². The monoisotopic (exact) mass is 358 g/mol. The molecule has 1 aromatic carbocycles. The van der Waals surface area contributed by atoms with E-state index in [0.29, 0.717) is 5.69 Å². The molecule has 0 saturated carbocycles. The van der Waals surface area contributed by atoms with Gasteiger partial charge in [0.25, 0.3) is 5.56 Å². The summed E-state index contributed by atoms with van der Waals surface area (Å²) in [6, 6.07) is 8.36. The van der Waals surface area contributed by atoms with Gasteiger partial charge < -0.3 is 10.6 Å². The Morgan fingerprint density at radius 3 is 2.69 bits per heavy atom. The zero-order chi connectivity index (χ0) is 19.1. The molecule has 0 radical (unpaired) electrons. The summed E-state index contributed by atoms with van der Waals surface area (Å²) in [7, 11) is 0. The number of aromatic nitrogens is 2. The second kappa shape index (κ2) is 8.80. The molecule has 1 atom stereocenters. The smallest absolute Gasteiger partial charge is 0.328 e. The fourth-order valence-corrected chi connectivity index (χ4v) is 2.19. The van der Waals surface area contributed by atoms with Gasteiger partial charge in [0.2, 0.25) is 11.8 Å². The van der Waals surface area contributed by atoms with E-state index in [9.17, 15) is 19.2 Å². The van der Waals surface area contributed by atoms with Crippen molar-refractivity contribution in [3.63, 3.8) is 0 Å². The van der Waals surface area contributed by atoms with Crippen LogP contribution in [0.15, 0.2) is 46.1 Å². The molecule has 2 amide bonds. The standard InChI is InChI=1S/C18H22N4O4/c1-3-12(2)17(25)20-14-6-4-5-13(9-14)10-19-16(24)11-22-8-7-15(23)21-18(22)26/h4-9,12H,3,10-11H2,1-2H3,(H,19,24)(H,20,25)(H,21,23,26)/t12-/m1/s1. The van der Waals surface area contributed by atoms with Crippen LogP contribution in [0, 0.1) is 5.92 Å². The summed E-state index contributed by atoms with van der Waals surface area (Å²) >= 11 is 0. The van der Waals surface area contributed by atoms with Gasteiger partial charge in [0.1, 0.15) is 6.54 Å². The van der Waals surface area contributed by atoms with Crippen LogP contribution in [0.4, 0.5) is 5.69 Å². The fraction of sp³-hybridized carbons (Fsp3) is 0.333. The molecule has 2 aromatic rings. The first-order valence-electron chi connectivity index (χ1n) is 8.35. The SMILES string of the molecule is CC[C@@H](C)C(=O)Nc1cccc(CNC(=O)Cn2ccc(=O)[nH]c2=O)c1. The molecule has 3 N–H and O–H groups in total. The number of rotatable bonds is 7. The second-order valence-electron chi connectivity index (χ2n) is 6.01. The molecule has 0 unspecified atom stereocenters. The minimum Gasteiger partial charge on any atom is -0.350 e. The molecule has 26 heavy (non-hydrogen) atoms. The number of benzene rings is 1. The van der Waals surface area contributed by atoms with Gasteiger partial charge in [-0.15, -0.1) is 0 Å². The number of anilines is 1. The topological polar surface area (TPSA) is 113 Å². The molecular weight excluding hydrogens is 336 g/mol. The van der Waals surface area contributed by atoms with Gasteiger partial charge >= 0.3 is 5.69 Å². The molecule has 8 nitrogen and oxygen atoms in total. The number of carbonyl (C=O) groups is 2. The largest absolute Gasteiger partial charge is 0.350 e. The Morgan fingerprint density at radius 2 is 2.00 bits per heavy atom. The van der Waals surface area contributed by atoms with E-state index in [1.54, 1.807) is 18.2 Å². The first-order chi connectivity index (χ1) is 12.4. The molecule has 1 aromatic heterocycles. The number of hydrogen-bond acceptors (Lipinski definition) is 4.